The molecule has 0 aliphatic rings. The Balaban J connectivity index is 2.81. The fourth-order valence-corrected chi connectivity index (χ4v) is 1.79. The molecular weight excluding hydrogens is 310 g/mol. The molecule has 7 nitrogen and oxygen atoms in total. The van der Waals surface area contributed by atoms with Crippen LogP contribution in [0.2, 0.25) is 0 Å². The van der Waals surface area contributed by atoms with Gasteiger partial charge < -0.3 is 8.92 Å². The van der Waals surface area contributed by atoms with Crippen LogP contribution in [0.5, 0.6) is 5.75 Å². The Kier molecular flexibility index (Phi) is 6.56. The predicted molar refractivity (Wildman–Crippen MR) is 78.1 cm³/mol. The Morgan fingerprint density at radius 3 is 2.50 bits per heavy atom. The van der Waals surface area contributed by atoms with Crippen molar-refractivity contribution >= 4 is 22.4 Å². The molecule has 1 aromatic rings. The lowest BCUT2D eigenvalue weighted by Gasteiger charge is -2.03. The molecule has 0 unspecified atom stereocenters. The smallest absolute Gasteiger partial charge is 0.446 e. The molecule has 0 fully saturated rings. The second-order valence-corrected chi connectivity index (χ2v) is 5.26. The molecule has 1 aromatic carbocycles. The van der Waals surface area contributed by atoms with Crippen molar-refractivity contribution in [1.82, 2.24) is 0 Å². The van der Waals surface area contributed by atoms with Gasteiger partial charge in [0.15, 0.2) is 0 Å². The van der Waals surface area contributed by atoms with Crippen molar-refractivity contribution < 1.29 is 26.7 Å². The summed E-state index contributed by atoms with van der Waals surface area (Å²) < 4.78 is 38.8. The van der Waals surface area contributed by atoms with E-state index in [0.717, 1.165) is 6.42 Å². The molecule has 1 N–H and O–H groups in total. The highest BCUT2D eigenvalue weighted by molar-refractivity contribution is 7.81. The summed E-state index contributed by atoms with van der Waals surface area (Å²) in [5, 5.41) is 8.97. The maximum Gasteiger partial charge on any atom is 0.446 e. The highest BCUT2D eigenvalue weighted by atomic mass is 32.3. The van der Waals surface area contributed by atoms with Crippen LogP contribution in [-0.2, 0) is 19.9 Å². The van der Waals surface area contributed by atoms with Crippen LogP contribution in [0.1, 0.15) is 25.3 Å². The minimum absolute atomic E-state index is 0.0938. The monoisotopic (exact) mass is 325 g/mol. The van der Waals surface area contributed by atoms with E-state index in [9.17, 15) is 13.2 Å². The minimum Gasteiger partial charge on any atom is -0.462 e. The van der Waals surface area contributed by atoms with Gasteiger partial charge >= 0.3 is 16.4 Å². The summed E-state index contributed by atoms with van der Waals surface area (Å²) in [6.45, 7) is 2.20. The second kappa shape index (κ2) is 8.17. The van der Waals surface area contributed by atoms with E-state index in [1.807, 2.05) is 6.92 Å². The lowest BCUT2D eigenvalue weighted by Crippen LogP contribution is -2.08. The third kappa shape index (κ3) is 6.39. The Labute approximate surface area is 128 Å². The van der Waals surface area contributed by atoms with Gasteiger partial charge in [-0.3, -0.25) is 4.55 Å². The van der Waals surface area contributed by atoms with Crippen LogP contribution in [0.15, 0.2) is 29.8 Å². The number of carbonyl (C=O) groups is 1. The third-order valence-electron chi connectivity index (χ3n) is 2.46. The van der Waals surface area contributed by atoms with Gasteiger partial charge in [-0.05, 0) is 30.2 Å². The normalized spacial score (nSPS) is 11.6. The molecule has 8 heteroatoms. The average molecular weight is 325 g/mol. The zero-order valence-corrected chi connectivity index (χ0v) is 12.7. The summed E-state index contributed by atoms with van der Waals surface area (Å²) in [5.41, 5.74) is 0.311. The number of hydrogen-bond donors (Lipinski definition) is 1. The number of ether oxygens (including phenoxy) is 1. The molecule has 0 saturated heterocycles. The molecule has 0 aromatic heterocycles. The van der Waals surface area contributed by atoms with Gasteiger partial charge in [-0.15, -0.1) is 0 Å². The average Bonchev–Trinajstić information content (AvgIpc) is 2.45. The van der Waals surface area contributed by atoms with E-state index in [2.05, 4.69) is 4.18 Å². The Morgan fingerprint density at radius 2 is 2.00 bits per heavy atom. The lowest BCUT2D eigenvalue weighted by atomic mass is 10.1. The van der Waals surface area contributed by atoms with Crippen molar-refractivity contribution in [2.24, 2.45) is 0 Å². The van der Waals surface area contributed by atoms with Crippen LogP contribution >= 0.6 is 0 Å². The van der Waals surface area contributed by atoms with E-state index in [0.29, 0.717) is 12.0 Å². The maximum absolute atomic E-state index is 11.7. The molecule has 0 atom stereocenters. The zero-order valence-electron chi connectivity index (χ0n) is 11.9. The lowest BCUT2D eigenvalue weighted by molar-refractivity contribution is -0.138. The molecule has 0 saturated carbocycles. The van der Waals surface area contributed by atoms with Gasteiger partial charge in [0.2, 0.25) is 0 Å². The Morgan fingerprint density at radius 1 is 1.36 bits per heavy atom. The molecule has 118 valence electrons. The molecule has 0 bridgehead atoms. The molecule has 0 aliphatic heterocycles. The van der Waals surface area contributed by atoms with Gasteiger partial charge in [0.1, 0.15) is 17.4 Å². The Bertz CT molecular complexity index is 685. The second-order valence-electron chi connectivity index (χ2n) is 4.24. The molecule has 22 heavy (non-hydrogen) atoms. The van der Waals surface area contributed by atoms with Gasteiger partial charge in [0.05, 0.1) is 6.61 Å². The fourth-order valence-electron chi connectivity index (χ4n) is 1.43. The van der Waals surface area contributed by atoms with Crippen LogP contribution in [0.25, 0.3) is 6.08 Å². The van der Waals surface area contributed by atoms with E-state index < -0.39 is 16.4 Å². The van der Waals surface area contributed by atoms with E-state index in [1.165, 1.54) is 30.3 Å². The molecule has 1 rings (SSSR count). The van der Waals surface area contributed by atoms with E-state index >= 15 is 0 Å². The first-order valence-electron chi connectivity index (χ1n) is 6.41. The quantitative estimate of drug-likeness (QED) is 0.268. The largest absolute Gasteiger partial charge is 0.462 e. The Hall–Kier alpha value is -2.37. The molecule has 0 heterocycles. The van der Waals surface area contributed by atoms with Crippen molar-refractivity contribution in [2.75, 3.05) is 6.61 Å². The van der Waals surface area contributed by atoms with Gasteiger partial charge in [-0.25, -0.2) is 4.79 Å². The van der Waals surface area contributed by atoms with Crippen molar-refractivity contribution in [3.63, 3.8) is 0 Å². The zero-order chi connectivity index (χ0) is 16.6. The first-order valence-corrected chi connectivity index (χ1v) is 7.78. The number of esters is 1. The summed E-state index contributed by atoms with van der Waals surface area (Å²) in [5.74, 6) is -0.808. The van der Waals surface area contributed by atoms with Crippen LogP contribution in [-0.4, -0.2) is 25.5 Å². The molecule has 0 aliphatic carbocycles. The number of nitriles is 1. The molecule has 0 radical (unpaired) electrons. The van der Waals surface area contributed by atoms with Gasteiger partial charge in [0.25, 0.3) is 0 Å². The summed E-state index contributed by atoms with van der Waals surface area (Å²) >= 11 is 0. The van der Waals surface area contributed by atoms with Crippen LogP contribution < -0.4 is 4.18 Å². The highest BCUT2D eigenvalue weighted by Gasteiger charge is 2.11. The highest BCUT2D eigenvalue weighted by Crippen LogP contribution is 2.16. The number of benzene rings is 1. The van der Waals surface area contributed by atoms with Gasteiger partial charge in [0, 0.05) is 0 Å². The first-order chi connectivity index (χ1) is 10.4. The maximum atomic E-state index is 11.7. The third-order valence-corrected chi connectivity index (χ3v) is 2.87. The molecule has 0 amide bonds. The summed E-state index contributed by atoms with van der Waals surface area (Å²) in [6.07, 6.45) is 2.89. The fraction of sp³-hybridized carbons (Fsp3) is 0.286. The number of nitrogens with zero attached hydrogens (tertiary/aromatic N) is 1. The van der Waals surface area contributed by atoms with Crippen molar-refractivity contribution in [3.8, 4) is 11.8 Å². The van der Waals surface area contributed by atoms with Crippen molar-refractivity contribution in [2.45, 2.75) is 19.8 Å². The first kappa shape index (κ1) is 17.7. The SMILES string of the molecule is CCCCOC(=O)C(C#N)=Cc1ccc(OS(=O)(=O)O)cc1. The van der Waals surface area contributed by atoms with E-state index in [4.69, 9.17) is 14.6 Å². The number of rotatable bonds is 7. The number of unbranched alkanes of at least 4 members (excludes halogenated alkanes) is 1. The van der Waals surface area contributed by atoms with Crippen LogP contribution in [0.3, 0.4) is 0 Å². The van der Waals surface area contributed by atoms with E-state index in [1.54, 1.807) is 6.07 Å². The predicted octanol–water partition coefficient (Wildman–Crippen LogP) is 2.12. The summed E-state index contributed by atoms with van der Waals surface area (Å²) in [7, 11) is -4.59. The van der Waals surface area contributed by atoms with Crippen molar-refractivity contribution in [1.29, 1.82) is 5.26 Å². The van der Waals surface area contributed by atoms with Gasteiger partial charge in [-0.1, -0.05) is 25.5 Å². The summed E-state index contributed by atoms with van der Waals surface area (Å²) in [6, 6.07) is 7.15. The number of hydrogen-bond acceptors (Lipinski definition) is 6. The topological polar surface area (TPSA) is 114 Å². The summed E-state index contributed by atoms with van der Waals surface area (Å²) in [4.78, 5) is 11.7. The van der Waals surface area contributed by atoms with Crippen LogP contribution in [0, 0.1) is 11.3 Å². The van der Waals surface area contributed by atoms with Crippen LogP contribution in [0.4, 0.5) is 0 Å². The minimum atomic E-state index is -4.59. The van der Waals surface area contributed by atoms with E-state index in [-0.39, 0.29) is 17.9 Å². The van der Waals surface area contributed by atoms with Gasteiger partial charge in [-0.2, -0.15) is 13.7 Å². The number of carbonyl (C=O) groups excluding carboxylic acids is 1. The van der Waals surface area contributed by atoms with Crippen molar-refractivity contribution in [3.05, 3.63) is 35.4 Å². The molecule has 0 spiro atoms. The standard InChI is InChI=1S/C14H15NO6S/c1-2-3-8-20-14(16)12(10-15)9-11-4-6-13(7-5-11)21-22(17,18)19/h4-7,9H,2-3,8H2,1H3,(H,17,18,19). The molecular formula is C14H15NO6S.